The Morgan fingerprint density at radius 3 is 2.78 bits per heavy atom. The molecule has 1 amide bonds. The summed E-state index contributed by atoms with van der Waals surface area (Å²) in [6, 6.07) is 4.87. The van der Waals surface area contributed by atoms with Crippen molar-refractivity contribution in [1.29, 1.82) is 0 Å². The fourth-order valence-electron chi connectivity index (χ4n) is 1.45. The second-order valence-electron chi connectivity index (χ2n) is 3.88. The van der Waals surface area contributed by atoms with Gasteiger partial charge in [-0.05, 0) is 18.6 Å². The van der Waals surface area contributed by atoms with Gasteiger partial charge in [-0.15, -0.1) is 0 Å². The van der Waals surface area contributed by atoms with Gasteiger partial charge in [0.25, 0.3) is 5.91 Å². The van der Waals surface area contributed by atoms with Crippen LogP contribution >= 0.6 is 0 Å². The lowest BCUT2D eigenvalue weighted by Crippen LogP contribution is -2.25. The van der Waals surface area contributed by atoms with E-state index < -0.39 is 10.8 Å². The second-order valence-corrected chi connectivity index (χ2v) is 5.44. The first-order valence-corrected chi connectivity index (χ1v) is 7.28. The molecule has 18 heavy (non-hydrogen) atoms. The van der Waals surface area contributed by atoms with Crippen LogP contribution in [0.15, 0.2) is 18.2 Å². The van der Waals surface area contributed by atoms with Gasteiger partial charge in [0.1, 0.15) is 5.75 Å². The molecule has 0 heterocycles. The summed E-state index contributed by atoms with van der Waals surface area (Å²) in [5.74, 6) is 0.929. The number of hydrogen-bond acceptors (Lipinski definition) is 4. The highest BCUT2D eigenvalue weighted by Gasteiger charge is 2.07. The number of hydrogen-bond donors (Lipinski definition) is 2. The highest BCUT2D eigenvalue weighted by atomic mass is 32.2. The van der Waals surface area contributed by atoms with E-state index in [0.717, 1.165) is 0 Å². The van der Waals surface area contributed by atoms with Gasteiger partial charge < -0.3 is 15.8 Å². The SMILES string of the molecule is COc1cc(N)cc(C(=O)NCCCS(C)=O)c1. The highest BCUT2D eigenvalue weighted by molar-refractivity contribution is 7.84. The molecule has 0 saturated heterocycles. The quantitative estimate of drug-likeness (QED) is 0.591. The lowest BCUT2D eigenvalue weighted by atomic mass is 10.1. The van der Waals surface area contributed by atoms with E-state index in [1.54, 1.807) is 24.5 Å². The largest absolute Gasteiger partial charge is 0.497 e. The minimum Gasteiger partial charge on any atom is -0.497 e. The fourth-order valence-corrected chi connectivity index (χ4v) is 2.00. The number of nitrogens with two attached hydrogens (primary N) is 1. The summed E-state index contributed by atoms with van der Waals surface area (Å²) < 4.78 is 15.9. The zero-order chi connectivity index (χ0) is 13.5. The van der Waals surface area contributed by atoms with E-state index in [-0.39, 0.29) is 5.91 Å². The van der Waals surface area contributed by atoms with Gasteiger partial charge in [0.05, 0.1) is 7.11 Å². The summed E-state index contributed by atoms with van der Waals surface area (Å²) in [6.45, 7) is 0.496. The van der Waals surface area contributed by atoms with Crippen molar-refractivity contribution in [2.45, 2.75) is 6.42 Å². The summed E-state index contributed by atoms with van der Waals surface area (Å²) in [6.07, 6.45) is 2.33. The molecule has 0 aliphatic carbocycles. The van der Waals surface area contributed by atoms with Crippen molar-refractivity contribution >= 4 is 22.4 Å². The van der Waals surface area contributed by atoms with Crippen LogP contribution in [-0.4, -0.2) is 35.8 Å². The number of ether oxygens (including phenoxy) is 1. The molecule has 1 aromatic carbocycles. The Morgan fingerprint density at radius 1 is 1.44 bits per heavy atom. The maximum Gasteiger partial charge on any atom is 0.251 e. The molecule has 0 saturated carbocycles. The van der Waals surface area contributed by atoms with Crippen LogP contribution in [0.3, 0.4) is 0 Å². The molecule has 0 radical (unpaired) electrons. The van der Waals surface area contributed by atoms with Crippen molar-refractivity contribution in [1.82, 2.24) is 5.32 Å². The zero-order valence-electron chi connectivity index (χ0n) is 10.6. The monoisotopic (exact) mass is 270 g/mol. The Kier molecular flexibility index (Phi) is 5.64. The summed E-state index contributed by atoms with van der Waals surface area (Å²) in [4.78, 5) is 11.8. The third kappa shape index (κ3) is 4.75. The average molecular weight is 270 g/mol. The van der Waals surface area contributed by atoms with Crippen molar-refractivity contribution in [3.05, 3.63) is 23.8 Å². The number of carbonyl (C=O) groups is 1. The minimum absolute atomic E-state index is 0.206. The fraction of sp³-hybridized carbons (Fsp3) is 0.417. The van der Waals surface area contributed by atoms with Gasteiger partial charge in [0, 0.05) is 46.7 Å². The predicted octanol–water partition coefficient (Wildman–Crippen LogP) is 0.776. The smallest absolute Gasteiger partial charge is 0.251 e. The van der Waals surface area contributed by atoms with Crippen LogP contribution in [0.5, 0.6) is 5.75 Å². The van der Waals surface area contributed by atoms with Crippen molar-refractivity contribution in [2.75, 3.05) is 31.4 Å². The van der Waals surface area contributed by atoms with E-state index in [1.165, 1.54) is 7.11 Å². The number of benzene rings is 1. The third-order valence-electron chi connectivity index (χ3n) is 2.32. The Morgan fingerprint density at radius 2 is 2.17 bits per heavy atom. The number of amides is 1. The first kappa shape index (κ1) is 14.5. The zero-order valence-corrected chi connectivity index (χ0v) is 11.4. The molecule has 0 fully saturated rings. The maximum atomic E-state index is 11.8. The summed E-state index contributed by atoms with van der Waals surface area (Å²) >= 11 is 0. The van der Waals surface area contributed by atoms with E-state index in [9.17, 15) is 9.00 Å². The van der Waals surface area contributed by atoms with Crippen LogP contribution in [0.2, 0.25) is 0 Å². The standard InChI is InChI=1S/C12H18N2O3S/c1-17-11-7-9(6-10(13)8-11)12(15)14-4-3-5-18(2)16/h6-8H,3-5,13H2,1-2H3,(H,14,15). The Hall–Kier alpha value is -1.56. The van der Waals surface area contributed by atoms with Crippen LogP contribution in [0.1, 0.15) is 16.8 Å². The number of anilines is 1. The van der Waals surface area contributed by atoms with E-state index in [4.69, 9.17) is 10.5 Å². The van der Waals surface area contributed by atoms with E-state index in [0.29, 0.717) is 35.7 Å². The molecule has 3 N–H and O–H groups in total. The maximum absolute atomic E-state index is 11.8. The topological polar surface area (TPSA) is 81.4 Å². The normalized spacial score (nSPS) is 11.9. The lowest BCUT2D eigenvalue weighted by Gasteiger charge is -2.07. The van der Waals surface area contributed by atoms with Gasteiger partial charge in [-0.3, -0.25) is 9.00 Å². The molecule has 5 nitrogen and oxygen atoms in total. The number of nitrogens with one attached hydrogen (secondary N) is 1. The van der Waals surface area contributed by atoms with Gasteiger partial charge >= 0.3 is 0 Å². The molecular weight excluding hydrogens is 252 g/mol. The molecule has 6 heteroatoms. The Labute approximate surface area is 109 Å². The van der Waals surface area contributed by atoms with Gasteiger partial charge in [-0.2, -0.15) is 0 Å². The molecular formula is C12H18N2O3S. The van der Waals surface area contributed by atoms with Crippen LogP contribution in [0.4, 0.5) is 5.69 Å². The second kappa shape index (κ2) is 7.00. The van der Waals surface area contributed by atoms with Crippen molar-refractivity contribution < 1.29 is 13.7 Å². The summed E-state index contributed by atoms with van der Waals surface area (Å²) in [7, 11) is 0.696. The number of nitrogen functional groups attached to an aromatic ring is 1. The average Bonchev–Trinajstić information content (AvgIpc) is 2.33. The molecule has 1 unspecified atom stereocenters. The Bertz CT molecular complexity index is 449. The number of carbonyl (C=O) groups excluding carboxylic acids is 1. The Balaban J connectivity index is 2.55. The van der Waals surface area contributed by atoms with E-state index in [1.807, 2.05) is 0 Å². The first-order chi connectivity index (χ1) is 8.52. The van der Waals surface area contributed by atoms with Crippen LogP contribution in [-0.2, 0) is 10.8 Å². The molecule has 0 aliphatic heterocycles. The van der Waals surface area contributed by atoms with Crippen molar-refractivity contribution in [2.24, 2.45) is 0 Å². The minimum atomic E-state index is -0.825. The summed E-state index contributed by atoms with van der Waals surface area (Å²) in [5, 5.41) is 2.75. The molecule has 0 aromatic heterocycles. The van der Waals surface area contributed by atoms with Crippen LogP contribution < -0.4 is 15.8 Å². The predicted molar refractivity (Wildman–Crippen MR) is 73.3 cm³/mol. The molecule has 0 spiro atoms. The van der Waals surface area contributed by atoms with Gasteiger partial charge in [-0.1, -0.05) is 0 Å². The van der Waals surface area contributed by atoms with Gasteiger partial charge in [0.15, 0.2) is 0 Å². The number of rotatable bonds is 6. The molecule has 100 valence electrons. The molecule has 0 bridgehead atoms. The molecule has 1 aromatic rings. The molecule has 1 rings (SSSR count). The molecule has 0 aliphatic rings. The third-order valence-corrected chi connectivity index (χ3v) is 3.18. The van der Waals surface area contributed by atoms with Crippen molar-refractivity contribution in [3.8, 4) is 5.75 Å². The lowest BCUT2D eigenvalue weighted by molar-refractivity contribution is 0.0953. The molecule has 1 atom stereocenters. The van der Waals surface area contributed by atoms with Gasteiger partial charge in [0.2, 0.25) is 0 Å². The first-order valence-electron chi connectivity index (χ1n) is 5.55. The van der Waals surface area contributed by atoms with E-state index >= 15 is 0 Å². The van der Waals surface area contributed by atoms with Gasteiger partial charge in [-0.25, -0.2) is 0 Å². The number of methoxy groups -OCH3 is 1. The van der Waals surface area contributed by atoms with Crippen LogP contribution in [0, 0.1) is 0 Å². The van der Waals surface area contributed by atoms with Crippen LogP contribution in [0.25, 0.3) is 0 Å². The van der Waals surface area contributed by atoms with E-state index in [2.05, 4.69) is 5.32 Å². The highest BCUT2D eigenvalue weighted by Crippen LogP contribution is 2.18. The summed E-state index contributed by atoms with van der Waals surface area (Å²) in [5.41, 5.74) is 6.61. The van der Waals surface area contributed by atoms with Crippen molar-refractivity contribution in [3.63, 3.8) is 0 Å².